The molecule has 0 spiro atoms. The van der Waals surface area contributed by atoms with Crippen molar-refractivity contribution in [3.8, 4) is 5.75 Å². The Morgan fingerprint density at radius 2 is 2.29 bits per heavy atom. The minimum Gasteiger partial charge on any atom is -0.497 e. The van der Waals surface area contributed by atoms with E-state index in [1.54, 1.807) is 31.4 Å². The second-order valence-corrected chi connectivity index (χ2v) is 4.48. The first kappa shape index (κ1) is 12.1. The number of ketones is 1. The molecule has 1 aliphatic carbocycles. The van der Waals surface area contributed by atoms with Gasteiger partial charge >= 0.3 is 0 Å². The number of nitrogens with two attached hydrogens (primary N) is 1. The molecule has 4 heteroatoms. The number of aliphatic hydroxyl groups excluding tert-OH is 1. The molecule has 0 aromatic heterocycles. The Morgan fingerprint density at radius 3 is 3.00 bits per heavy atom. The van der Waals surface area contributed by atoms with Crippen molar-refractivity contribution in [1.82, 2.24) is 0 Å². The summed E-state index contributed by atoms with van der Waals surface area (Å²) in [6.45, 7) is 0. The van der Waals surface area contributed by atoms with Crippen LogP contribution in [0.3, 0.4) is 0 Å². The summed E-state index contributed by atoms with van der Waals surface area (Å²) in [4.78, 5) is 12.0. The quantitative estimate of drug-likeness (QED) is 0.801. The first-order valence-electron chi connectivity index (χ1n) is 5.74. The Kier molecular flexibility index (Phi) is 3.17. The van der Waals surface area contributed by atoms with Crippen LogP contribution in [0, 0.1) is 0 Å². The molecule has 4 nitrogen and oxygen atoms in total. The zero-order valence-electron chi connectivity index (χ0n) is 9.85. The molecule has 1 aromatic rings. The lowest BCUT2D eigenvalue weighted by molar-refractivity contribution is -0.136. The number of hydrogen-bond donors (Lipinski definition) is 2. The second-order valence-electron chi connectivity index (χ2n) is 4.48. The van der Waals surface area contributed by atoms with E-state index in [0.29, 0.717) is 24.2 Å². The van der Waals surface area contributed by atoms with Crippen molar-refractivity contribution in [2.45, 2.75) is 30.9 Å². The van der Waals surface area contributed by atoms with Crippen LogP contribution in [-0.4, -0.2) is 24.1 Å². The Labute approximate surface area is 100 Å². The van der Waals surface area contributed by atoms with Gasteiger partial charge in [-0.05, 0) is 37.0 Å². The number of aliphatic hydroxyl groups is 1. The Balaban J connectivity index is 2.39. The molecule has 0 amide bonds. The van der Waals surface area contributed by atoms with Gasteiger partial charge in [-0.3, -0.25) is 4.79 Å². The van der Waals surface area contributed by atoms with E-state index >= 15 is 0 Å². The first-order chi connectivity index (χ1) is 8.08. The van der Waals surface area contributed by atoms with E-state index in [1.807, 2.05) is 0 Å². The Morgan fingerprint density at radius 1 is 1.53 bits per heavy atom. The van der Waals surface area contributed by atoms with Gasteiger partial charge in [-0.25, -0.2) is 0 Å². The fourth-order valence-electron chi connectivity index (χ4n) is 2.31. The molecule has 2 atom stereocenters. The SMILES string of the molecule is COc1cccc([C@@]2(N)CCC[C@H](O)C2=O)c1. The van der Waals surface area contributed by atoms with Crippen LogP contribution in [0.25, 0.3) is 0 Å². The molecule has 1 aromatic carbocycles. The third kappa shape index (κ3) is 2.06. The number of rotatable bonds is 2. The number of methoxy groups -OCH3 is 1. The van der Waals surface area contributed by atoms with Gasteiger partial charge in [0.05, 0.1) is 7.11 Å². The number of hydrogen-bond acceptors (Lipinski definition) is 4. The molecule has 0 radical (unpaired) electrons. The van der Waals surface area contributed by atoms with E-state index in [2.05, 4.69) is 0 Å². The number of Topliss-reactive ketones (excluding diaryl/α,β-unsaturated/α-hetero) is 1. The van der Waals surface area contributed by atoms with Crippen molar-refractivity contribution in [2.75, 3.05) is 7.11 Å². The summed E-state index contributed by atoms with van der Waals surface area (Å²) in [7, 11) is 1.57. The van der Waals surface area contributed by atoms with E-state index in [0.717, 1.165) is 6.42 Å². The van der Waals surface area contributed by atoms with Gasteiger partial charge in [-0.15, -0.1) is 0 Å². The minimum absolute atomic E-state index is 0.294. The lowest BCUT2D eigenvalue weighted by Gasteiger charge is -2.34. The van der Waals surface area contributed by atoms with Crippen molar-refractivity contribution >= 4 is 5.78 Å². The van der Waals surface area contributed by atoms with E-state index < -0.39 is 11.6 Å². The summed E-state index contributed by atoms with van der Waals surface area (Å²) in [5.74, 6) is 0.372. The number of ether oxygens (including phenoxy) is 1. The fourth-order valence-corrected chi connectivity index (χ4v) is 2.31. The lowest BCUT2D eigenvalue weighted by Crippen LogP contribution is -2.52. The van der Waals surface area contributed by atoms with Gasteiger partial charge in [0, 0.05) is 0 Å². The summed E-state index contributed by atoms with van der Waals surface area (Å²) in [6.07, 6.45) is 0.873. The van der Waals surface area contributed by atoms with E-state index in [9.17, 15) is 9.90 Å². The highest BCUT2D eigenvalue weighted by Gasteiger charge is 2.42. The van der Waals surface area contributed by atoms with Crippen molar-refractivity contribution < 1.29 is 14.6 Å². The smallest absolute Gasteiger partial charge is 0.185 e. The normalized spacial score (nSPS) is 29.1. The summed E-state index contributed by atoms with van der Waals surface area (Å²) < 4.78 is 5.12. The second kappa shape index (κ2) is 4.47. The highest BCUT2D eigenvalue weighted by atomic mass is 16.5. The maximum atomic E-state index is 12.0. The fraction of sp³-hybridized carbons (Fsp3) is 0.462. The van der Waals surface area contributed by atoms with Crippen molar-refractivity contribution in [3.63, 3.8) is 0 Å². The molecule has 3 N–H and O–H groups in total. The number of benzene rings is 1. The molecule has 92 valence electrons. The van der Waals surface area contributed by atoms with E-state index in [1.165, 1.54) is 0 Å². The molecule has 1 saturated carbocycles. The summed E-state index contributed by atoms with van der Waals surface area (Å²) in [5.41, 5.74) is 5.80. The zero-order chi connectivity index (χ0) is 12.5. The van der Waals surface area contributed by atoms with Crippen LogP contribution in [0.2, 0.25) is 0 Å². The highest BCUT2D eigenvalue weighted by Crippen LogP contribution is 2.33. The third-order valence-corrected chi connectivity index (χ3v) is 3.38. The van der Waals surface area contributed by atoms with Crippen molar-refractivity contribution in [1.29, 1.82) is 0 Å². The molecule has 2 rings (SSSR count). The van der Waals surface area contributed by atoms with Crippen molar-refractivity contribution in [3.05, 3.63) is 29.8 Å². The van der Waals surface area contributed by atoms with Gasteiger partial charge in [0.1, 0.15) is 17.4 Å². The van der Waals surface area contributed by atoms with Crippen LogP contribution in [0.4, 0.5) is 0 Å². The van der Waals surface area contributed by atoms with Gasteiger partial charge in [0.25, 0.3) is 0 Å². The van der Waals surface area contributed by atoms with Crippen LogP contribution in [0.5, 0.6) is 5.75 Å². The molecule has 17 heavy (non-hydrogen) atoms. The van der Waals surface area contributed by atoms with E-state index in [-0.39, 0.29) is 5.78 Å². The molecule has 0 saturated heterocycles. The summed E-state index contributed by atoms with van der Waals surface area (Å²) in [6, 6.07) is 7.17. The summed E-state index contributed by atoms with van der Waals surface area (Å²) >= 11 is 0. The first-order valence-corrected chi connectivity index (χ1v) is 5.74. The molecule has 0 aliphatic heterocycles. The van der Waals surface area contributed by atoms with Gasteiger partial charge < -0.3 is 15.6 Å². The zero-order valence-corrected chi connectivity index (χ0v) is 9.85. The van der Waals surface area contributed by atoms with Crippen LogP contribution < -0.4 is 10.5 Å². The van der Waals surface area contributed by atoms with Gasteiger partial charge in [-0.2, -0.15) is 0 Å². The maximum absolute atomic E-state index is 12.0. The largest absolute Gasteiger partial charge is 0.497 e. The summed E-state index contributed by atoms with van der Waals surface area (Å²) in [5, 5.41) is 9.64. The van der Waals surface area contributed by atoms with E-state index in [4.69, 9.17) is 10.5 Å². The third-order valence-electron chi connectivity index (χ3n) is 3.38. The molecular formula is C13H17NO3. The highest BCUT2D eigenvalue weighted by molar-refractivity contribution is 5.93. The molecule has 0 unspecified atom stereocenters. The van der Waals surface area contributed by atoms with Crippen LogP contribution in [-0.2, 0) is 10.3 Å². The average Bonchev–Trinajstić information content (AvgIpc) is 2.36. The van der Waals surface area contributed by atoms with Gasteiger partial charge in [0.2, 0.25) is 0 Å². The molecule has 1 aliphatic rings. The monoisotopic (exact) mass is 235 g/mol. The maximum Gasteiger partial charge on any atom is 0.185 e. The number of carbonyl (C=O) groups is 1. The van der Waals surface area contributed by atoms with Crippen LogP contribution in [0.15, 0.2) is 24.3 Å². The molecule has 0 heterocycles. The lowest BCUT2D eigenvalue weighted by atomic mass is 9.75. The molecule has 0 bridgehead atoms. The van der Waals surface area contributed by atoms with Crippen LogP contribution >= 0.6 is 0 Å². The van der Waals surface area contributed by atoms with Crippen molar-refractivity contribution in [2.24, 2.45) is 5.73 Å². The Bertz CT molecular complexity index is 432. The van der Waals surface area contributed by atoms with Crippen LogP contribution in [0.1, 0.15) is 24.8 Å². The minimum atomic E-state index is -1.08. The topological polar surface area (TPSA) is 72.6 Å². The molecule has 1 fully saturated rings. The predicted octanol–water partition coefficient (Wildman–Crippen LogP) is 0.963. The van der Waals surface area contributed by atoms with Gasteiger partial charge in [0.15, 0.2) is 5.78 Å². The average molecular weight is 235 g/mol. The van der Waals surface area contributed by atoms with Gasteiger partial charge in [-0.1, -0.05) is 12.1 Å². The Hall–Kier alpha value is -1.39. The number of carbonyl (C=O) groups excluding carboxylic acids is 1. The predicted molar refractivity (Wildman–Crippen MR) is 63.7 cm³/mol. The molecular weight excluding hydrogens is 218 g/mol. The standard InChI is InChI=1S/C13H17NO3/c1-17-10-5-2-4-9(8-10)13(14)7-3-6-11(15)12(13)16/h2,4-5,8,11,15H,3,6-7,14H2,1H3/t11-,13-/m0/s1.